The molecule has 3 aromatic carbocycles. The predicted octanol–water partition coefficient (Wildman–Crippen LogP) is 4.83. The van der Waals surface area contributed by atoms with Gasteiger partial charge in [-0.25, -0.2) is 4.79 Å². The molecule has 0 spiro atoms. The summed E-state index contributed by atoms with van der Waals surface area (Å²) in [4.78, 5) is 25.7. The summed E-state index contributed by atoms with van der Waals surface area (Å²) in [6, 6.07) is 26.4. The Kier molecular flexibility index (Phi) is 7.65. The first-order valence-corrected chi connectivity index (χ1v) is 10.0. The summed E-state index contributed by atoms with van der Waals surface area (Å²) in [5, 5.41) is 2.69. The van der Waals surface area contributed by atoms with Gasteiger partial charge in [-0.2, -0.15) is 0 Å². The number of rotatable bonds is 8. The molecule has 2 amide bonds. The van der Waals surface area contributed by atoms with E-state index in [1.54, 1.807) is 24.1 Å². The van der Waals surface area contributed by atoms with E-state index < -0.39 is 6.09 Å². The van der Waals surface area contributed by atoms with E-state index in [1.165, 1.54) is 7.11 Å². The molecule has 6 heteroatoms. The van der Waals surface area contributed by atoms with Crippen molar-refractivity contribution < 1.29 is 19.1 Å². The third-order valence-electron chi connectivity index (χ3n) is 4.84. The van der Waals surface area contributed by atoms with Gasteiger partial charge >= 0.3 is 6.09 Å². The summed E-state index contributed by atoms with van der Waals surface area (Å²) >= 11 is 0. The minimum absolute atomic E-state index is 0.0976. The minimum atomic E-state index is -0.477. The van der Waals surface area contributed by atoms with Crippen molar-refractivity contribution in [3.05, 3.63) is 96.1 Å². The van der Waals surface area contributed by atoms with E-state index in [4.69, 9.17) is 4.74 Å². The lowest BCUT2D eigenvalue weighted by atomic mass is 10.1. The van der Waals surface area contributed by atoms with Crippen molar-refractivity contribution in [3.63, 3.8) is 0 Å². The molecule has 6 nitrogen and oxygen atoms in total. The molecule has 3 aromatic rings. The number of anilines is 1. The fourth-order valence-electron chi connectivity index (χ4n) is 3.16. The maximum Gasteiger partial charge on any atom is 0.406 e. The first-order valence-electron chi connectivity index (χ1n) is 10.0. The lowest BCUT2D eigenvalue weighted by Crippen LogP contribution is -2.26. The summed E-state index contributed by atoms with van der Waals surface area (Å²) in [6.07, 6.45) is -0.194. The molecule has 0 aromatic heterocycles. The zero-order chi connectivity index (χ0) is 22.1. The van der Waals surface area contributed by atoms with Gasteiger partial charge in [0.05, 0.1) is 7.11 Å². The average molecular weight is 418 g/mol. The van der Waals surface area contributed by atoms with Crippen LogP contribution in [0.2, 0.25) is 0 Å². The predicted molar refractivity (Wildman–Crippen MR) is 120 cm³/mol. The minimum Gasteiger partial charge on any atom is -0.486 e. The fraction of sp³-hybridized carbons (Fsp3) is 0.200. The quantitative estimate of drug-likeness (QED) is 0.569. The van der Waals surface area contributed by atoms with E-state index in [0.29, 0.717) is 24.3 Å². The van der Waals surface area contributed by atoms with Crippen molar-refractivity contribution >= 4 is 17.7 Å². The number of methoxy groups -OCH3 is 1. The molecule has 0 radical (unpaired) electrons. The van der Waals surface area contributed by atoms with Crippen molar-refractivity contribution in [2.75, 3.05) is 25.6 Å². The van der Waals surface area contributed by atoms with E-state index >= 15 is 0 Å². The Morgan fingerprint density at radius 1 is 0.935 bits per heavy atom. The van der Waals surface area contributed by atoms with Crippen LogP contribution in [0.3, 0.4) is 0 Å². The number of nitrogens with zero attached hydrogens (tertiary/aromatic N) is 1. The van der Waals surface area contributed by atoms with E-state index in [9.17, 15) is 9.59 Å². The van der Waals surface area contributed by atoms with Crippen LogP contribution in [0, 0.1) is 0 Å². The second-order valence-corrected chi connectivity index (χ2v) is 6.95. The van der Waals surface area contributed by atoms with Gasteiger partial charge in [-0.15, -0.1) is 0 Å². The van der Waals surface area contributed by atoms with Crippen LogP contribution in [0.5, 0.6) is 5.75 Å². The molecule has 0 fully saturated rings. The summed E-state index contributed by atoms with van der Waals surface area (Å²) in [5.41, 5.74) is 2.34. The molecule has 160 valence electrons. The van der Waals surface area contributed by atoms with E-state index in [-0.39, 0.29) is 12.0 Å². The normalized spacial score (nSPS) is 11.3. The lowest BCUT2D eigenvalue weighted by Gasteiger charge is -2.22. The van der Waals surface area contributed by atoms with E-state index in [0.717, 1.165) is 11.3 Å². The van der Waals surface area contributed by atoms with Crippen molar-refractivity contribution in [2.45, 2.75) is 12.5 Å². The number of hydrogen-bond donors (Lipinski definition) is 1. The van der Waals surface area contributed by atoms with Crippen molar-refractivity contribution in [1.82, 2.24) is 5.32 Å². The van der Waals surface area contributed by atoms with E-state index in [1.807, 2.05) is 72.8 Å². The number of nitrogens with one attached hydrogen (secondary N) is 1. The highest BCUT2D eigenvalue weighted by atomic mass is 16.5. The molecule has 0 saturated heterocycles. The van der Waals surface area contributed by atoms with Crippen LogP contribution in [0.15, 0.2) is 84.9 Å². The van der Waals surface area contributed by atoms with Gasteiger partial charge in [0.25, 0.3) is 5.91 Å². The summed E-state index contributed by atoms with van der Waals surface area (Å²) in [5.74, 6) is 0.539. The van der Waals surface area contributed by atoms with Gasteiger partial charge < -0.3 is 19.7 Å². The smallest absolute Gasteiger partial charge is 0.406 e. The number of hydrogen-bond acceptors (Lipinski definition) is 4. The Morgan fingerprint density at radius 2 is 1.61 bits per heavy atom. The van der Waals surface area contributed by atoms with Crippen molar-refractivity contribution in [3.8, 4) is 5.75 Å². The van der Waals surface area contributed by atoms with E-state index in [2.05, 4.69) is 10.1 Å². The van der Waals surface area contributed by atoms with Gasteiger partial charge in [-0.3, -0.25) is 4.79 Å². The molecular formula is C25H26N2O4. The third kappa shape index (κ3) is 6.09. The van der Waals surface area contributed by atoms with Crippen LogP contribution in [0.1, 0.15) is 28.4 Å². The van der Waals surface area contributed by atoms with Crippen LogP contribution >= 0.6 is 0 Å². The summed E-state index contributed by atoms with van der Waals surface area (Å²) in [7, 11) is 3.07. The van der Waals surface area contributed by atoms with Crippen molar-refractivity contribution in [1.29, 1.82) is 0 Å². The van der Waals surface area contributed by atoms with Crippen LogP contribution in [0.4, 0.5) is 10.5 Å². The Balaban J connectivity index is 1.75. The first kappa shape index (κ1) is 21.9. The van der Waals surface area contributed by atoms with Crippen LogP contribution in [-0.2, 0) is 4.74 Å². The maximum atomic E-state index is 12.8. The largest absolute Gasteiger partial charge is 0.486 e. The molecule has 1 unspecified atom stereocenters. The second kappa shape index (κ2) is 10.8. The highest BCUT2D eigenvalue weighted by Gasteiger charge is 2.17. The van der Waals surface area contributed by atoms with Gasteiger partial charge in [0.1, 0.15) is 11.9 Å². The maximum absolute atomic E-state index is 12.8. The number of alkyl carbamates (subject to hydrolysis) is 1. The molecule has 0 saturated carbocycles. The Labute approximate surface area is 182 Å². The topological polar surface area (TPSA) is 67.9 Å². The third-order valence-corrected chi connectivity index (χ3v) is 4.84. The standard InChI is InChI=1S/C25H26N2O4/c1-27(24(28)20-12-7-4-8-13-20)21-14-9-15-22(18-21)31-23(16-17-26-25(29)30-2)19-10-5-3-6-11-19/h3-15,18,23H,16-17H2,1-2H3,(H,26,29). The highest BCUT2D eigenvalue weighted by Crippen LogP contribution is 2.28. The molecule has 0 heterocycles. The molecule has 1 N–H and O–H groups in total. The molecule has 0 bridgehead atoms. The molecule has 0 aliphatic heterocycles. The Morgan fingerprint density at radius 3 is 2.29 bits per heavy atom. The molecule has 1 atom stereocenters. The molecule has 3 rings (SSSR count). The Hall–Kier alpha value is -3.80. The van der Waals surface area contributed by atoms with Gasteiger partial charge in [0, 0.05) is 37.3 Å². The summed E-state index contributed by atoms with van der Waals surface area (Å²) in [6.45, 7) is 0.401. The van der Waals surface area contributed by atoms with Crippen molar-refractivity contribution in [2.24, 2.45) is 0 Å². The molecule has 31 heavy (non-hydrogen) atoms. The molecular weight excluding hydrogens is 392 g/mol. The van der Waals surface area contributed by atoms with Crippen LogP contribution < -0.4 is 15.0 Å². The number of benzene rings is 3. The van der Waals surface area contributed by atoms with Gasteiger partial charge in [-0.05, 0) is 29.8 Å². The zero-order valence-electron chi connectivity index (χ0n) is 17.7. The van der Waals surface area contributed by atoms with Gasteiger partial charge in [0.2, 0.25) is 0 Å². The SMILES string of the molecule is COC(=O)NCCC(Oc1cccc(N(C)C(=O)c2ccccc2)c1)c1ccccc1. The second-order valence-electron chi connectivity index (χ2n) is 6.95. The Bertz CT molecular complexity index is 993. The van der Waals surface area contributed by atoms with Crippen LogP contribution in [-0.4, -0.2) is 32.7 Å². The van der Waals surface area contributed by atoms with Crippen LogP contribution in [0.25, 0.3) is 0 Å². The highest BCUT2D eigenvalue weighted by molar-refractivity contribution is 6.05. The number of ether oxygens (including phenoxy) is 2. The zero-order valence-corrected chi connectivity index (χ0v) is 17.7. The fourth-order valence-corrected chi connectivity index (χ4v) is 3.16. The molecule has 0 aliphatic rings. The van der Waals surface area contributed by atoms with Gasteiger partial charge in [0.15, 0.2) is 0 Å². The lowest BCUT2D eigenvalue weighted by molar-refractivity contribution is 0.0993. The summed E-state index contributed by atoms with van der Waals surface area (Å²) < 4.78 is 10.9. The average Bonchev–Trinajstić information content (AvgIpc) is 2.83. The number of carbonyl (C=O) groups excluding carboxylic acids is 2. The monoisotopic (exact) mass is 418 g/mol. The first-order chi connectivity index (χ1) is 15.1. The van der Waals surface area contributed by atoms with Gasteiger partial charge in [-0.1, -0.05) is 54.6 Å². The molecule has 0 aliphatic carbocycles. The number of carbonyl (C=O) groups is 2. The number of amides is 2.